The van der Waals surface area contributed by atoms with E-state index in [2.05, 4.69) is 46.7 Å². The summed E-state index contributed by atoms with van der Waals surface area (Å²) in [6.45, 7) is -3.01. The molecule has 0 radical (unpaired) electrons. The molecule has 5 heteroatoms. The topological polar surface area (TPSA) is 62.2 Å². The van der Waals surface area contributed by atoms with Gasteiger partial charge >= 0.3 is 208 Å². The Morgan fingerprint density at radius 2 is 1.20 bits per heavy atom. The van der Waals surface area contributed by atoms with Crippen LogP contribution in [0.4, 0.5) is 0 Å². The summed E-state index contributed by atoms with van der Waals surface area (Å²) in [5.74, 6) is -0.0874. The predicted molar refractivity (Wildman–Crippen MR) is 147 cm³/mol. The molecule has 4 rings (SSSR count). The van der Waals surface area contributed by atoms with Crippen molar-refractivity contribution in [3.8, 4) is 0 Å². The molecule has 0 aliphatic carbocycles. The zero-order valence-corrected chi connectivity index (χ0v) is 20.9. The van der Waals surface area contributed by atoms with Crippen LogP contribution >= 0.6 is 6.83 Å². The molecule has 35 heavy (non-hydrogen) atoms. The summed E-state index contributed by atoms with van der Waals surface area (Å²) in [4.78, 5) is 29.3. The number of hydrogen-bond acceptors (Lipinski definition) is 3. The van der Waals surface area contributed by atoms with Crippen molar-refractivity contribution in [2.24, 2.45) is 0 Å². The summed E-state index contributed by atoms with van der Waals surface area (Å²) in [7, 11) is 0. The molecule has 0 fully saturated rings. The van der Waals surface area contributed by atoms with E-state index in [4.69, 9.17) is 0 Å². The van der Waals surface area contributed by atoms with E-state index in [0.29, 0.717) is 18.3 Å². The van der Waals surface area contributed by atoms with Crippen molar-refractivity contribution in [2.75, 3.05) is 12.7 Å². The average Bonchev–Trinajstić information content (AvgIpc) is 2.94. The number of nitrogens with zero attached hydrogens (tertiary/aromatic N) is 1. The zero-order valence-electron chi connectivity index (χ0n) is 20.0. The summed E-state index contributed by atoms with van der Waals surface area (Å²) in [5, 5.41) is 5.97. The van der Waals surface area contributed by atoms with Gasteiger partial charge in [0.1, 0.15) is 0 Å². The Labute approximate surface area is 208 Å². The van der Waals surface area contributed by atoms with Crippen LogP contribution in [0, 0.1) is 0 Å². The molecule has 0 unspecified atom stereocenters. The Bertz CT molecular complexity index is 1100. The van der Waals surface area contributed by atoms with Gasteiger partial charge in [-0.05, 0) is 0 Å². The third-order valence-corrected chi connectivity index (χ3v) is 12.1. The fourth-order valence-corrected chi connectivity index (χ4v) is 9.73. The van der Waals surface area contributed by atoms with Gasteiger partial charge in [-0.15, -0.1) is 0 Å². The molecule has 0 saturated carbocycles. The number of carbonyl (C=O) groups is 1. The molecule has 0 saturated heterocycles. The van der Waals surface area contributed by atoms with Crippen LogP contribution in [-0.4, -0.2) is 28.5 Å². The van der Waals surface area contributed by atoms with Crippen molar-refractivity contribution >= 4 is 28.7 Å². The number of rotatable bonds is 11. The van der Waals surface area contributed by atoms with Crippen LogP contribution in [0.1, 0.15) is 36.0 Å². The minimum atomic E-state index is -3.65. The second-order valence-electron chi connectivity index (χ2n) is 8.89. The van der Waals surface area contributed by atoms with Crippen LogP contribution in [0.15, 0.2) is 116 Å². The number of benzene rings is 3. The number of unbranched alkanes of at least 4 members (excludes halogenated alkanes) is 3. The van der Waals surface area contributed by atoms with Gasteiger partial charge in [-0.2, -0.15) is 0 Å². The average molecular weight is 485 g/mol. The number of pyridine rings is 1. The van der Waals surface area contributed by atoms with E-state index >= 15 is 0 Å². The molecule has 0 aliphatic rings. The van der Waals surface area contributed by atoms with E-state index in [9.17, 15) is 9.69 Å². The molecule has 4 aromatic rings. The Balaban J connectivity index is 1.48. The Morgan fingerprint density at radius 1 is 0.686 bits per heavy atom. The summed E-state index contributed by atoms with van der Waals surface area (Å²) in [6, 6.07) is 34.1. The van der Waals surface area contributed by atoms with E-state index in [1.165, 1.54) is 0 Å². The molecular formula is C30H33N2O2P. The van der Waals surface area contributed by atoms with E-state index in [0.717, 1.165) is 41.6 Å². The maximum atomic E-state index is 13.1. The zero-order chi connectivity index (χ0) is 24.4. The first-order chi connectivity index (χ1) is 17.1. The van der Waals surface area contributed by atoms with Crippen LogP contribution in [0.25, 0.3) is 0 Å². The molecule has 2 N–H and O–H groups in total. The van der Waals surface area contributed by atoms with E-state index < -0.39 is 6.83 Å². The summed E-state index contributed by atoms with van der Waals surface area (Å²) < 4.78 is 0. The van der Waals surface area contributed by atoms with Gasteiger partial charge in [0.05, 0.1) is 0 Å². The molecular weight excluding hydrogens is 451 g/mol. The van der Waals surface area contributed by atoms with E-state index in [1.54, 1.807) is 24.5 Å². The van der Waals surface area contributed by atoms with Crippen molar-refractivity contribution in [1.82, 2.24) is 10.3 Å². The summed E-state index contributed by atoms with van der Waals surface area (Å²) in [6.07, 6.45) is 7.68. The van der Waals surface area contributed by atoms with Crippen molar-refractivity contribution < 1.29 is 9.69 Å². The second kappa shape index (κ2) is 11.4. The van der Waals surface area contributed by atoms with Crippen LogP contribution in [0.2, 0.25) is 0 Å². The van der Waals surface area contributed by atoms with Gasteiger partial charge in [0, 0.05) is 0 Å². The van der Waals surface area contributed by atoms with Crippen LogP contribution < -0.4 is 21.2 Å². The third kappa shape index (κ3) is 5.35. The number of amides is 1. The quantitative estimate of drug-likeness (QED) is 0.237. The van der Waals surface area contributed by atoms with Gasteiger partial charge in [0.15, 0.2) is 0 Å². The fourth-order valence-electron chi connectivity index (χ4n) is 4.78. The first-order valence-corrected chi connectivity index (χ1v) is 14.6. The van der Waals surface area contributed by atoms with Gasteiger partial charge < -0.3 is 0 Å². The second-order valence-corrected chi connectivity index (χ2v) is 13.4. The van der Waals surface area contributed by atoms with Gasteiger partial charge in [-0.3, -0.25) is 0 Å². The minimum absolute atomic E-state index is 0.0874. The van der Waals surface area contributed by atoms with Gasteiger partial charge in [0.2, 0.25) is 0 Å². The SMILES string of the molecule is O=C(NCCCCCCP(O)(c1ccccc1)(c1ccccc1)c1ccccc1)c1cccnc1. The van der Waals surface area contributed by atoms with Gasteiger partial charge in [-0.25, -0.2) is 0 Å². The van der Waals surface area contributed by atoms with Gasteiger partial charge in [-0.1, -0.05) is 0 Å². The molecule has 0 bridgehead atoms. The summed E-state index contributed by atoms with van der Waals surface area (Å²) in [5.41, 5.74) is 0.582. The van der Waals surface area contributed by atoms with E-state index in [-0.39, 0.29) is 5.91 Å². The molecule has 4 nitrogen and oxygen atoms in total. The van der Waals surface area contributed by atoms with Crippen LogP contribution in [-0.2, 0) is 0 Å². The Morgan fingerprint density at radius 3 is 1.69 bits per heavy atom. The van der Waals surface area contributed by atoms with Crippen molar-refractivity contribution in [3.05, 3.63) is 121 Å². The monoisotopic (exact) mass is 484 g/mol. The standard InChI is InChI=1S/C30H33N2O2P/c33-30(26-15-14-22-31-25-26)32-23-12-1-2-13-24-35(34,27-16-6-3-7-17-27,28-18-8-4-9-19-28)29-20-10-5-11-21-29/h3-11,14-22,25,34H,1-2,12-13,23-24H2,(H,32,33). The third-order valence-electron chi connectivity index (χ3n) is 6.67. The first kappa shape index (κ1) is 24.8. The fraction of sp³-hybridized carbons (Fsp3) is 0.200. The molecule has 0 spiro atoms. The van der Waals surface area contributed by atoms with Crippen molar-refractivity contribution in [2.45, 2.75) is 25.7 Å². The van der Waals surface area contributed by atoms with Crippen molar-refractivity contribution in [1.29, 1.82) is 0 Å². The van der Waals surface area contributed by atoms with Gasteiger partial charge in [0.25, 0.3) is 0 Å². The van der Waals surface area contributed by atoms with E-state index in [1.807, 2.05) is 54.6 Å². The first-order valence-electron chi connectivity index (χ1n) is 12.2. The molecule has 1 heterocycles. The van der Waals surface area contributed by atoms with Crippen LogP contribution in [0.3, 0.4) is 0 Å². The molecule has 1 aromatic heterocycles. The van der Waals surface area contributed by atoms with Crippen LogP contribution in [0.5, 0.6) is 0 Å². The molecule has 3 aromatic carbocycles. The molecule has 0 aliphatic heterocycles. The number of carbonyl (C=O) groups excluding carboxylic acids is 1. The van der Waals surface area contributed by atoms with Crippen molar-refractivity contribution in [3.63, 3.8) is 0 Å². The Kier molecular flexibility index (Phi) is 8.07. The maximum absolute atomic E-state index is 13.1. The Hall–Kier alpha value is -3.33. The molecule has 0 atom stereocenters. The number of nitrogens with one attached hydrogen (secondary N) is 1. The molecule has 1 amide bonds. The normalized spacial score (nSPS) is 12.4. The number of aromatic nitrogens is 1. The number of hydrogen-bond donors (Lipinski definition) is 2. The predicted octanol–water partition coefficient (Wildman–Crippen LogP) is 4.81. The molecule has 180 valence electrons. The summed E-state index contributed by atoms with van der Waals surface area (Å²) >= 11 is 0.